The molecule has 6 nitrogen and oxygen atoms in total. The third-order valence-corrected chi connectivity index (χ3v) is 5.07. The van der Waals surface area contributed by atoms with Gasteiger partial charge in [0, 0.05) is 12.0 Å². The maximum Gasteiger partial charge on any atom is 0.573 e. The molecule has 2 aromatic rings. The second-order valence-electron chi connectivity index (χ2n) is 6.90. The van der Waals surface area contributed by atoms with Crippen LogP contribution >= 0.6 is 0 Å². The second-order valence-corrected chi connectivity index (χ2v) is 6.90. The molecule has 0 saturated heterocycles. The van der Waals surface area contributed by atoms with E-state index in [1.165, 1.54) is 18.2 Å². The average Bonchev–Trinajstić information content (AvgIpc) is 3.24. The van der Waals surface area contributed by atoms with Crippen molar-refractivity contribution in [2.24, 2.45) is 5.92 Å². The smallest absolute Gasteiger partial charge is 0.405 e. The molecule has 2 heterocycles. The molecule has 1 aromatic carbocycles. The fraction of sp³-hybridized carbons (Fsp3) is 0.444. The lowest BCUT2D eigenvalue weighted by molar-refractivity contribution is -0.274. The molecule has 27 heavy (non-hydrogen) atoms. The van der Waals surface area contributed by atoms with Crippen LogP contribution in [0.2, 0.25) is 0 Å². The van der Waals surface area contributed by atoms with Gasteiger partial charge in [-0.1, -0.05) is 31.0 Å². The van der Waals surface area contributed by atoms with E-state index in [0.29, 0.717) is 28.7 Å². The quantitative estimate of drug-likeness (QED) is 0.758. The third kappa shape index (κ3) is 3.78. The van der Waals surface area contributed by atoms with Crippen molar-refractivity contribution in [1.29, 1.82) is 0 Å². The Kier molecular flexibility index (Phi) is 4.55. The number of para-hydroxylation sites is 1. The van der Waals surface area contributed by atoms with E-state index in [2.05, 4.69) is 25.6 Å². The molecule has 1 saturated carbocycles. The number of fused-ring (bicyclic) bond motifs is 1. The number of alkyl halides is 3. The number of aromatic nitrogens is 2. The van der Waals surface area contributed by atoms with Crippen molar-refractivity contribution in [1.82, 2.24) is 15.4 Å². The van der Waals surface area contributed by atoms with Crippen LogP contribution < -0.4 is 21.1 Å². The van der Waals surface area contributed by atoms with E-state index in [0.717, 1.165) is 25.7 Å². The molecule has 1 aromatic heterocycles. The third-order valence-electron chi connectivity index (χ3n) is 5.07. The molecule has 0 spiro atoms. The molecular formula is C18H19F3N4O2. The Morgan fingerprint density at radius 1 is 1.19 bits per heavy atom. The molecule has 2 aliphatic rings. The number of anilines is 1. The molecule has 0 radical (unpaired) electrons. The number of hydrogen-bond donors (Lipinski definition) is 3. The van der Waals surface area contributed by atoms with Crippen LogP contribution in [0.4, 0.5) is 18.9 Å². The number of nitrogens with one attached hydrogen (secondary N) is 3. The first-order valence-corrected chi connectivity index (χ1v) is 8.89. The van der Waals surface area contributed by atoms with E-state index < -0.39 is 6.36 Å². The summed E-state index contributed by atoms with van der Waals surface area (Å²) in [6.07, 6.45) is -0.328. The molecule has 4 rings (SSSR count). The van der Waals surface area contributed by atoms with Gasteiger partial charge in [0.1, 0.15) is 17.3 Å². The maximum absolute atomic E-state index is 12.6. The molecular weight excluding hydrogens is 361 g/mol. The molecule has 1 aliphatic carbocycles. The Bertz CT molecular complexity index is 891. The zero-order chi connectivity index (χ0) is 19.0. The number of hydrazine groups is 1. The second kappa shape index (κ2) is 6.88. The summed E-state index contributed by atoms with van der Waals surface area (Å²) < 4.78 is 41.9. The highest BCUT2D eigenvalue weighted by atomic mass is 19.4. The SMILES string of the molecule is O=c1[nH]c(Cc2ccccc2OC(F)(F)F)nc2c1NNC2C1CCCC1. The molecule has 1 unspecified atom stereocenters. The lowest BCUT2D eigenvalue weighted by Gasteiger charge is -2.18. The summed E-state index contributed by atoms with van der Waals surface area (Å²) in [5, 5.41) is 0. The first-order chi connectivity index (χ1) is 12.9. The molecule has 1 fully saturated rings. The van der Waals surface area contributed by atoms with E-state index in [9.17, 15) is 18.0 Å². The van der Waals surface area contributed by atoms with Crippen LogP contribution in [0, 0.1) is 5.92 Å². The predicted octanol–water partition coefficient (Wildman–Crippen LogP) is 3.42. The van der Waals surface area contributed by atoms with Crippen molar-refractivity contribution >= 4 is 5.69 Å². The summed E-state index contributed by atoms with van der Waals surface area (Å²) in [6, 6.07) is 5.80. The van der Waals surface area contributed by atoms with E-state index in [4.69, 9.17) is 0 Å². The molecule has 0 amide bonds. The number of halogens is 3. The van der Waals surface area contributed by atoms with Crippen molar-refractivity contribution in [3.05, 3.63) is 51.7 Å². The predicted molar refractivity (Wildman–Crippen MR) is 92.2 cm³/mol. The zero-order valence-electron chi connectivity index (χ0n) is 14.4. The molecule has 3 N–H and O–H groups in total. The molecule has 9 heteroatoms. The summed E-state index contributed by atoms with van der Waals surface area (Å²) >= 11 is 0. The van der Waals surface area contributed by atoms with Crippen LogP contribution in [-0.4, -0.2) is 16.3 Å². The van der Waals surface area contributed by atoms with Gasteiger partial charge in [0.25, 0.3) is 5.56 Å². The van der Waals surface area contributed by atoms with Gasteiger partial charge in [0.2, 0.25) is 0 Å². The van der Waals surface area contributed by atoms with Crippen molar-refractivity contribution in [2.75, 3.05) is 5.43 Å². The molecule has 1 aliphatic heterocycles. The van der Waals surface area contributed by atoms with Crippen molar-refractivity contribution in [3.63, 3.8) is 0 Å². The lowest BCUT2D eigenvalue weighted by Crippen LogP contribution is -2.25. The van der Waals surface area contributed by atoms with Gasteiger partial charge in [-0.25, -0.2) is 10.4 Å². The largest absolute Gasteiger partial charge is 0.573 e. The van der Waals surface area contributed by atoms with Crippen LogP contribution in [0.25, 0.3) is 0 Å². The fourth-order valence-electron chi connectivity index (χ4n) is 3.87. The van der Waals surface area contributed by atoms with Gasteiger partial charge in [-0.05, 0) is 24.8 Å². The summed E-state index contributed by atoms with van der Waals surface area (Å²) in [5.41, 5.74) is 7.01. The number of H-pyrrole nitrogens is 1. The Hall–Kier alpha value is -2.55. The minimum Gasteiger partial charge on any atom is -0.405 e. The lowest BCUT2D eigenvalue weighted by atomic mass is 9.96. The van der Waals surface area contributed by atoms with Crippen LogP contribution in [0.3, 0.4) is 0 Å². The number of rotatable bonds is 4. The summed E-state index contributed by atoms with van der Waals surface area (Å²) in [4.78, 5) is 19.6. The van der Waals surface area contributed by atoms with Crippen molar-refractivity contribution in [3.8, 4) is 5.75 Å². The van der Waals surface area contributed by atoms with Crippen LogP contribution in [0.1, 0.15) is 48.8 Å². The maximum atomic E-state index is 12.6. The highest BCUT2D eigenvalue weighted by molar-refractivity contribution is 5.51. The number of aromatic amines is 1. The molecule has 0 bridgehead atoms. The van der Waals surface area contributed by atoms with Gasteiger partial charge < -0.3 is 15.1 Å². The van der Waals surface area contributed by atoms with Gasteiger partial charge in [0.05, 0.1) is 11.7 Å². The van der Waals surface area contributed by atoms with E-state index in [-0.39, 0.29) is 23.8 Å². The van der Waals surface area contributed by atoms with Gasteiger partial charge in [-0.2, -0.15) is 0 Å². The van der Waals surface area contributed by atoms with Crippen molar-refractivity contribution < 1.29 is 17.9 Å². The van der Waals surface area contributed by atoms with Crippen molar-refractivity contribution in [2.45, 2.75) is 44.5 Å². The minimum atomic E-state index is -4.78. The van der Waals surface area contributed by atoms with E-state index >= 15 is 0 Å². The number of nitrogens with zero attached hydrogens (tertiary/aromatic N) is 1. The highest BCUT2D eigenvalue weighted by Gasteiger charge is 2.35. The summed E-state index contributed by atoms with van der Waals surface area (Å²) in [6.45, 7) is 0. The Morgan fingerprint density at radius 3 is 2.67 bits per heavy atom. The fourth-order valence-corrected chi connectivity index (χ4v) is 3.87. The van der Waals surface area contributed by atoms with E-state index in [1.54, 1.807) is 6.07 Å². The first-order valence-electron chi connectivity index (χ1n) is 8.89. The number of hydrogen-bond acceptors (Lipinski definition) is 5. The monoisotopic (exact) mass is 380 g/mol. The number of ether oxygens (including phenoxy) is 1. The molecule has 1 atom stereocenters. The average molecular weight is 380 g/mol. The van der Waals surface area contributed by atoms with Gasteiger partial charge in [0.15, 0.2) is 0 Å². The van der Waals surface area contributed by atoms with Gasteiger partial charge >= 0.3 is 6.36 Å². The Balaban J connectivity index is 1.64. The van der Waals surface area contributed by atoms with Crippen LogP contribution in [0.5, 0.6) is 5.75 Å². The summed E-state index contributed by atoms with van der Waals surface area (Å²) in [7, 11) is 0. The number of benzene rings is 1. The normalized spacial score (nSPS) is 19.7. The van der Waals surface area contributed by atoms with E-state index in [1.807, 2.05) is 0 Å². The summed E-state index contributed by atoms with van der Waals surface area (Å²) in [5.74, 6) is 0.406. The standard InChI is InChI=1S/C18H19F3N4O2/c19-18(20,21)27-12-8-4-3-7-11(12)9-13-22-15-14(10-5-1-2-6-10)24-25-16(15)17(26)23-13/h3-4,7-8,10,14,24-25H,1-2,5-6,9H2,(H,22,23,26). The topological polar surface area (TPSA) is 79.0 Å². The molecule has 144 valence electrons. The highest BCUT2D eigenvalue weighted by Crippen LogP contribution is 2.39. The van der Waals surface area contributed by atoms with Crippen LogP contribution in [-0.2, 0) is 6.42 Å². The minimum absolute atomic E-state index is 0.0339. The van der Waals surface area contributed by atoms with Gasteiger partial charge in [-0.15, -0.1) is 13.2 Å². The zero-order valence-corrected chi connectivity index (χ0v) is 14.4. The first kappa shape index (κ1) is 17.8. The Morgan fingerprint density at radius 2 is 1.93 bits per heavy atom. The van der Waals surface area contributed by atoms with Gasteiger partial charge in [-0.3, -0.25) is 4.79 Å². The van der Waals surface area contributed by atoms with Crippen LogP contribution in [0.15, 0.2) is 29.1 Å². The Labute approximate surface area is 153 Å².